The molecule has 108 valence electrons. The molecule has 4 nitrogen and oxygen atoms in total. The molecular formula is C16H16ClN3O. The number of hydrogen-bond acceptors (Lipinski definition) is 3. The summed E-state index contributed by atoms with van der Waals surface area (Å²) >= 11 is 6.13. The summed E-state index contributed by atoms with van der Waals surface area (Å²) in [5.41, 5.74) is 4.15. The predicted octanol–water partition coefficient (Wildman–Crippen LogP) is 4.15. The van der Waals surface area contributed by atoms with Gasteiger partial charge in [-0.25, -0.2) is 4.98 Å². The van der Waals surface area contributed by atoms with E-state index in [2.05, 4.69) is 21.4 Å². The first-order valence-corrected chi connectivity index (χ1v) is 7.06. The number of aryl methyl sites for hydroxylation is 1. The molecule has 0 saturated carbocycles. The maximum Gasteiger partial charge on any atom is 0.137 e. The van der Waals surface area contributed by atoms with E-state index >= 15 is 0 Å². The molecule has 21 heavy (non-hydrogen) atoms. The van der Waals surface area contributed by atoms with Crippen molar-refractivity contribution >= 4 is 28.3 Å². The molecule has 3 aromatic rings. The van der Waals surface area contributed by atoms with E-state index in [9.17, 15) is 0 Å². The fourth-order valence-corrected chi connectivity index (χ4v) is 2.55. The van der Waals surface area contributed by atoms with Crippen LogP contribution in [0.2, 0.25) is 5.02 Å². The highest BCUT2D eigenvalue weighted by Crippen LogP contribution is 2.25. The molecule has 0 amide bonds. The Labute approximate surface area is 128 Å². The van der Waals surface area contributed by atoms with Gasteiger partial charge in [0.1, 0.15) is 11.6 Å². The number of benzene rings is 2. The van der Waals surface area contributed by atoms with Crippen molar-refractivity contribution in [3.63, 3.8) is 0 Å². The quantitative estimate of drug-likeness (QED) is 0.761. The van der Waals surface area contributed by atoms with Gasteiger partial charge in [0.15, 0.2) is 0 Å². The van der Waals surface area contributed by atoms with Crippen LogP contribution < -0.4 is 10.1 Å². The fourth-order valence-electron chi connectivity index (χ4n) is 2.27. The minimum Gasteiger partial charge on any atom is -0.495 e. The normalized spacial score (nSPS) is 10.8. The summed E-state index contributed by atoms with van der Waals surface area (Å²) in [6, 6.07) is 11.9. The molecule has 0 atom stereocenters. The molecule has 1 heterocycles. The van der Waals surface area contributed by atoms with Crippen molar-refractivity contribution in [2.75, 3.05) is 12.4 Å². The van der Waals surface area contributed by atoms with E-state index < -0.39 is 0 Å². The van der Waals surface area contributed by atoms with E-state index in [0.717, 1.165) is 28.1 Å². The van der Waals surface area contributed by atoms with Crippen LogP contribution in [0.3, 0.4) is 0 Å². The summed E-state index contributed by atoms with van der Waals surface area (Å²) in [4.78, 5) is 7.62. The molecular weight excluding hydrogens is 286 g/mol. The third kappa shape index (κ3) is 2.95. The highest BCUT2D eigenvalue weighted by molar-refractivity contribution is 6.32. The number of nitrogens with one attached hydrogen (secondary N) is 2. The molecule has 0 aliphatic carbocycles. The number of rotatable bonds is 4. The second kappa shape index (κ2) is 5.66. The summed E-state index contributed by atoms with van der Waals surface area (Å²) in [5.74, 6) is 1.61. The Morgan fingerprint density at radius 1 is 1.24 bits per heavy atom. The van der Waals surface area contributed by atoms with Crippen LogP contribution >= 0.6 is 11.6 Å². The number of imidazole rings is 1. The highest BCUT2D eigenvalue weighted by atomic mass is 35.5. The summed E-state index contributed by atoms with van der Waals surface area (Å²) in [5, 5.41) is 4.00. The van der Waals surface area contributed by atoms with Crippen molar-refractivity contribution in [1.82, 2.24) is 9.97 Å². The van der Waals surface area contributed by atoms with Crippen molar-refractivity contribution in [2.45, 2.75) is 13.5 Å². The average molecular weight is 302 g/mol. The van der Waals surface area contributed by atoms with E-state index in [1.54, 1.807) is 7.11 Å². The molecule has 5 heteroatoms. The molecule has 3 rings (SSSR count). The summed E-state index contributed by atoms with van der Waals surface area (Å²) < 4.78 is 5.15. The molecule has 0 saturated heterocycles. The molecule has 1 aromatic heterocycles. The number of methoxy groups -OCH3 is 1. The van der Waals surface area contributed by atoms with Crippen LogP contribution in [0.1, 0.15) is 11.4 Å². The molecule has 0 aliphatic rings. The van der Waals surface area contributed by atoms with Gasteiger partial charge in [0.2, 0.25) is 0 Å². The first kappa shape index (κ1) is 13.8. The average Bonchev–Trinajstić information content (AvgIpc) is 2.84. The van der Waals surface area contributed by atoms with E-state index in [-0.39, 0.29) is 0 Å². The lowest BCUT2D eigenvalue weighted by molar-refractivity contribution is 0.415. The third-order valence-corrected chi connectivity index (χ3v) is 3.61. The van der Waals surface area contributed by atoms with Crippen LogP contribution in [0.25, 0.3) is 11.0 Å². The number of ether oxygens (including phenoxy) is 1. The van der Waals surface area contributed by atoms with Crippen molar-refractivity contribution in [3.05, 3.63) is 52.8 Å². The topological polar surface area (TPSA) is 49.9 Å². The Bertz CT molecular complexity index is 782. The van der Waals surface area contributed by atoms with Gasteiger partial charge >= 0.3 is 0 Å². The Hall–Kier alpha value is -2.20. The maximum absolute atomic E-state index is 6.13. The Balaban J connectivity index is 1.75. The Morgan fingerprint density at radius 3 is 2.86 bits per heavy atom. The SMILES string of the molecule is COc1ccc(CNc2ccc3nc(C)[nH]c3c2)cc1Cl. The number of hydrogen-bond donors (Lipinski definition) is 2. The van der Waals surface area contributed by atoms with Crippen LogP contribution in [0.15, 0.2) is 36.4 Å². The lowest BCUT2D eigenvalue weighted by Gasteiger charge is -2.09. The van der Waals surface area contributed by atoms with Crippen LogP contribution in [0.5, 0.6) is 5.75 Å². The largest absolute Gasteiger partial charge is 0.495 e. The molecule has 2 aromatic carbocycles. The zero-order chi connectivity index (χ0) is 14.8. The molecule has 0 spiro atoms. The van der Waals surface area contributed by atoms with Gasteiger partial charge in [-0.05, 0) is 42.8 Å². The number of fused-ring (bicyclic) bond motifs is 1. The molecule has 0 bridgehead atoms. The number of H-pyrrole nitrogens is 1. The standard InChI is InChI=1S/C16H16ClN3O/c1-10-19-14-5-4-12(8-15(14)20-10)18-9-11-3-6-16(21-2)13(17)7-11/h3-8,18H,9H2,1-2H3,(H,19,20). The van der Waals surface area contributed by atoms with Crippen LogP contribution in [0.4, 0.5) is 5.69 Å². The number of nitrogens with zero attached hydrogens (tertiary/aromatic N) is 1. The minimum absolute atomic E-state index is 0.622. The number of aromatic amines is 1. The van der Waals surface area contributed by atoms with Gasteiger partial charge in [-0.2, -0.15) is 0 Å². The van der Waals surface area contributed by atoms with Gasteiger partial charge in [0.05, 0.1) is 23.2 Å². The fraction of sp³-hybridized carbons (Fsp3) is 0.188. The Kier molecular flexibility index (Phi) is 3.71. The van der Waals surface area contributed by atoms with E-state index in [4.69, 9.17) is 16.3 Å². The zero-order valence-corrected chi connectivity index (χ0v) is 12.7. The smallest absolute Gasteiger partial charge is 0.137 e. The Morgan fingerprint density at radius 2 is 2.10 bits per heavy atom. The lowest BCUT2D eigenvalue weighted by Crippen LogP contribution is -1.99. The van der Waals surface area contributed by atoms with Gasteiger partial charge in [0, 0.05) is 12.2 Å². The molecule has 2 N–H and O–H groups in total. The van der Waals surface area contributed by atoms with Crippen molar-refractivity contribution in [1.29, 1.82) is 0 Å². The summed E-state index contributed by atoms with van der Waals surface area (Å²) in [7, 11) is 1.61. The summed E-state index contributed by atoms with van der Waals surface area (Å²) in [6.07, 6.45) is 0. The van der Waals surface area contributed by atoms with Crippen molar-refractivity contribution < 1.29 is 4.74 Å². The first-order chi connectivity index (χ1) is 10.2. The molecule has 0 unspecified atom stereocenters. The van der Waals surface area contributed by atoms with Gasteiger partial charge in [-0.15, -0.1) is 0 Å². The second-order valence-electron chi connectivity index (χ2n) is 4.88. The first-order valence-electron chi connectivity index (χ1n) is 6.68. The summed E-state index contributed by atoms with van der Waals surface area (Å²) in [6.45, 7) is 2.65. The third-order valence-electron chi connectivity index (χ3n) is 3.31. The highest BCUT2D eigenvalue weighted by Gasteiger charge is 2.03. The number of anilines is 1. The lowest BCUT2D eigenvalue weighted by atomic mass is 10.2. The van der Waals surface area contributed by atoms with Gasteiger partial charge in [0.25, 0.3) is 0 Å². The number of halogens is 1. The maximum atomic E-state index is 6.13. The second-order valence-corrected chi connectivity index (χ2v) is 5.28. The van der Waals surface area contributed by atoms with Crippen molar-refractivity contribution in [3.8, 4) is 5.75 Å². The minimum atomic E-state index is 0.622. The van der Waals surface area contributed by atoms with Crippen LogP contribution in [0, 0.1) is 6.92 Å². The van der Waals surface area contributed by atoms with Crippen LogP contribution in [-0.2, 0) is 6.54 Å². The molecule has 0 radical (unpaired) electrons. The van der Waals surface area contributed by atoms with Gasteiger partial charge in [-0.1, -0.05) is 17.7 Å². The monoisotopic (exact) mass is 301 g/mol. The van der Waals surface area contributed by atoms with E-state index in [1.165, 1.54) is 0 Å². The zero-order valence-electron chi connectivity index (χ0n) is 11.9. The van der Waals surface area contributed by atoms with E-state index in [0.29, 0.717) is 17.3 Å². The molecule has 0 fully saturated rings. The van der Waals surface area contributed by atoms with E-state index in [1.807, 2.05) is 37.3 Å². The predicted molar refractivity (Wildman–Crippen MR) is 86.2 cm³/mol. The van der Waals surface area contributed by atoms with Crippen LogP contribution in [-0.4, -0.2) is 17.1 Å². The van der Waals surface area contributed by atoms with Crippen molar-refractivity contribution in [2.24, 2.45) is 0 Å². The number of aromatic nitrogens is 2. The molecule has 0 aliphatic heterocycles. The van der Waals surface area contributed by atoms with Gasteiger partial charge < -0.3 is 15.0 Å². The van der Waals surface area contributed by atoms with Gasteiger partial charge in [-0.3, -0.25) is 0 Å².